The largest absolute Gasteiger partial charge is 0.0877 e. The van der Waals surface area contributed by atoms with Gasteiger partial charge in [-0.25, -0.2) is 0 Å². The smallest absolute Gasteiger partial charge is 0.0156 e. The molecule has 2 saturated carbocycles. The molecular formula is C29H48. The molecule has 0 saturated heterocycles. The van der Waals surface area contributed by atoms with E-state index < -0.39 is 0 Å². The van der Waals surface area contributed by atoms with Gasteiger partial charge in [0.15, 0.2) is 0 Å². The van der Waals surface area contributed by atoms with E-state index in [9.17, 15) is 0 Å². The van der Waals surface area contributed by atoms with Crippen LogP contribution in [0.5, 0.6) is 0 Å². The van der Waals surface area contributed by atoms with Gasteiger partial charge in [-0.15, -0.1) is 0 Å². The lowest BCUT2D eigenvalue weighted by Gasteiger charge is -2.28. The minimum Gasteiger partial charge on any atom is -0.0877 e. The third kappa shape index (κ3) is 9.83. The number of allylic oxidation sites excluding steroid dienone is 4. The van der Waals surface area contributed by atoms with Crippen molar-refractivity contribution in [3.63, 3.8) is 0 Å². The Balaban J connectivity index is 0.000000512. The lowest BCUT2D eigenvalue weighted by atomic mass is 9.77. The molecule has 0 bridgehead atoms. The molecule has 2 aliphatic rings. The molecule has 1 aromatic carbocycles. The van der Waals surface area contributed by atoms with Crippen molar-refractivity contribution in [3.8, 4) is 0 Å². The second-order valence-electron chi connectivity index (χ2n) is 8.58. The molecule has 0 heteroatoms. The number of hydrogen-bond donors (Lipinski definition) is 0. The summed E-state index contributed by atoms with van der Waals surface area (Å²) >= 11 is 0. The first-order valence-electron chi connectivity index (χ1n) is 12.6. The summed E-state index contributed by atoms with van der Waals surface area (Å²) in [6.45, 7) is 10.7. The molecule has 1 aromatic rings. The summed E-state index contributed by atoms with van der Waals surface area (Å²) in [5, 5.41) is 0. The van der Waals surface area contributed by atoms with E-state index in [4.69, 9.17) is 0 Å². The first kappa shape index (κ1) is 25.7. The molecule has 1 unspecified atom stereocenters. The Kier molecular flexibility index (Phi) is 14.6. The molecular weight excluding hydrogens is 348 g/mol. The lowest BCUT2D eigenvalue weighted by molar-refractivity contribution is 0.309. The maximum atomic E-state index is 2.36. The van der Waals surface area contributed by atoms with Gasteiger partial charge >= 0.3 is 0 Å². The van der Waals surface area contributed by atoms with Crippen LogP contribution in [0, 0.1) is 18.8 Å². The molecule has 3 rings (SSSR count). The Morgan fingerprint density at radius 2 is 1.48 bits per heavy atom. The van der Waals surface area contributed by atoms with E-state index in [0.717, 1.165) is 5.92 Å². The van der Waals surface area contributed by atoms with Crippen molar-refractivity contribution in [2.75, 3.05) is 0 Å². The summed E-state index contributed by atoms with van der Waals surface area (Å²) in [5.41, 5.74) is 4.40. The standard InChI is InChI=1S/C22H32.C5H10.C2H6/c1-4-6-15-22(21-16-11-10-12-18(21)3)20(5-2)17-19-13-8-7-9-14-19;1-2-4-5-3-1;1-2/h4,6,10-12,15-16,19-20H,5,7-9,13-14,17H2,1-3H3;1-5H2;1-2H3/b6-4+,22-15-;;. The fourth-order valence-electron chi connectivity index (χ4n) is 4.77. The van der Waals surface area contributed by atoms with Gasteiger partial charge < -0.3 is 0 Å². The second-order valence-corrected chi connectivity index (χ2v) is 8.58. The zero-order valence-corrected chi connectivity index (χ0v) is 20.2. The highest BCUT2D eigenvalue weighted by Gasteiger charge is 2.21. The fourth-order valence-corrected chi connectivity index (χ4v) is 4.77. The van der Waals surface area contributed by atoms with Crippen LogP contribution in [0.1, 0.15) is 116 Å². The van der Waals surface area contributed by atoms with Gasteiger partial charge in [0.05, 0.1) is 0 Å². The summed E-state index contributed by atoms with van der Waals surface area (Å²) in [7, 11) is 0. The van der Waals surface area contributed by atoms with Crippen LogP contribution in [0.3, 0.4) is 0 Å². The third-order valence-corrected chi connectivity index (χ3v) is 6.45. The highest BCUT2D eigenvalue weighted by Crippen LogP contribution is 2.37. The molecule has 0 nitrogen and oxygen atoms in total. The van der Waals surface area contributed by atoms with Gasteiger partial charge in [0, 0.05) is 0 Å². The summed E-state index contributed by atoms with van der Waals surface area (Å²) in [6.07, 6.45) is 24.1. The first-order valence-corrected chi connectivity index (χ1v) is 12.6. The van der Waals surface area contributed by atoms with E-state index in [1.807, 2.05) is 13.8 Å². The molecule has 164 valence electrons. The number of rotatable bonds is 6. The Labute approximate surface area is 182 Å². The Morgan fingerprint density at radius 1 is 0.931 bits per heavy atom. The van der Waals surface area contributed by atoms with Gasteiger partial charge in [-0.2, -0.15) is 0 Å². The molecule has 2 fully saturated rings. The van der Waals surface area contributed by atoms with Gasteiger partial charge in [-0.05, 0) is 55.2 Å². The molecule has 0 aromatic heterocycles. The van der Waals surface area contributed by atoms with Crippen molar-refractivity contribution >= 4 is 5.57 Å². The predicted molar refractivity (Wildman–Crippen MR) is 133 cm³/mol. The van der Waals surface area contributed by atoms with Crippen molar-refractivity contribution in [1.82, 2.24) is 0 Å². The highest BCUT2D eigenvalue weighted by molar-refractivity contribution is 5.71. The first-order chi connectivity index (χ1) is 14.3. The fraction of sp³-hybridized carbons (Fsp3) is 0.655. The van der Waals surface area contributed by atoms with E-state index in [1.54, 1.807) is 5.57 Å². The monoisotopic (exact) mass is 396 g/mol. The van der Waals surface area contributed by atoms with Crippen LogP contribution in [-0.2, 0) is 0 Å². The Morgan fingerprint density at radius 3 is 2.00 bits per heavy atom. The van der Waals surface area contributed by atoms with Crippen molar-refractivity contribution in [2.24, 2.45) is 11.8 Å². The highest BCUT2D eigenvalue weighted by atomic mass is 14.3. The topological polar surface area (TPSA) is 0 Å². The zero-order valence-electron chi connectivity index (χ0n) is 20.2. The maximum absolute atomic E-state index is 2.36. The van der Waals surface area contributed by atoms with Crippen LogP contribution in [0.15, 0.2) is 42.5 Å². The van der Waals surface area contributed by atoms with E-state index in [0.29, 0.717) is 5.92 Å². The zero-order chi connectivity index (χ0) is 21.3. The summed E-state index contributed by atoms with van der Waals surface area (Å²) < 4.78 is 0. The Bertz CT molecular complexity index is 560. The molecule has 29 heavy (non-hydrogen) atoms. The van der Waals surface area contributed by atoms with Gasteiger partial charge in [-0.1, -0.05) is 127 Å². The average molecular weight is 397 g/mol. The third-order valence-electron chi connectivity index (χ3n) is 6.45. The van der Waals surface area contributed by atoms with Crippen LogP contribution >= 0.6 is 0 Å². The molecule has 0 N–H and O–H groups in total. The van der Waals surface area contributed by atoms with Gasteiger partial charge in [0.1, 0.15) is 0 Å². The van der Waals surface area contributed by atoms with E-state index >= 15 is 0 Å². The quantitative estimate of drug-likeness (QED) is 0.419. The van der Waals surface area contributed by atoms with Crippen molar-refractivity contribution < 1.29 is 0 Å². The molecule has 1 atom stereocenters. The van der Waals surface area contributed by atoms with Crippen LogP contribution in [-0.4, -0.2) is 0 Å². The number of benzene rings is 1. The predicted octanol–water partition coefficient (Wildman–Crippen LogP) is 9.93. The van der Waals surface area contributed by atoms with Gasteiger partial charge in [0.25, 0.3) is 0 Å². The van der Waals surface area contributed by atoms with Crippen molar-refractivity contribution in [1.29, 1.82) is 0 Å². The average Bonchev–Trinajstić information content (AvgIpc) is 3.36. The minimum absolute atomic E-state index is 0.695. The van der Waals surface area contributed by atoms with Crippen LogP contribution in [0.2, 0.25) is 0 Å². The van der Waals surface area contributed by atoms with E-state index in [2.05, 4.69) is 63.3 Å². The van der Waals surface area contributed by atoms with E-state index in [1.165, 1.54) is 88.2 Å². The summed E-state index contributed by atoms with van der Waals surface area (Å²) in [5.74, 6) is 1.64. The van der Waals surface area contributed by atoms with Crippen LogP contribution in [0.4, 0.5) is 0 Å². The van der Waals surface area contributed by atoms with Gasteiger partial charge in [0.2, 0.25) is 0 Å². The Hall–Kier alpha value is -1.30. The molecule has 0 spiro atoms. The molecule has 0 heterocycles. The molecule has 0 amide bonds. The lowest BCUT2D eigenvalue weighted by Crippen LogP contribution is -2.13. The number of hydrogen-bond acceptors (Lipinski definition) is 0. The summed E-state index contributed by atoms with van der Waals surface area (Å²) in [6, 6.07) is 8.87. The number of aryl methyl sites for hydroxylation is 1. The normalized spacial score (nSPS) is 18.6. The van der Waals surface area contributed by atoms with E-state index in [-0.39, 0.29) is 0 Å². The molecule has 0 aliphatic heterocycles. The summed E-state index contributed by atoms with van der Waals surface area (Å²) in [4.78, 5) is 0. The maximum Gasteiger partial charge on any atom is -0.0156 e. The SMILES string of the molecule is C/C=C/C=C(\c1ccccc1C)C(CC)CC1CCCCC1.C1CCCC1.CC. The molecule has 0 radical (unpaired) electrons. The van der Waals surface area contributed by atoms with Crippen LogP contribution in [0.25, 0.3) is 5.57 Å². The minimum atomic E-state index is 0.695. The molecule has 2 aliphatic carbocycles. The van der Waals surface area contributed by atoms with Crippen molar-refractivity contribution in [2.45, 2.75) is 112 Å². The van der Waals surface area contributed by atoms with Gasteiger partial charge in [-0.3, -0.25) is 0 Å². The second kappa shape index (κ2) is 16.5. The van der Waals surface area contributed by atoms with Crippen LogP contribution < -0.4 is 0 Å². The van der Waals surface area contributed by atoms with Crippen molar-refractivity contribution in [3.05, 3.63) is 53.6 Å².